The molecule has 1 aliphatic heterocycles. The molecule has 4 aromatic rings. The highest BCUT2D eigenvalue weighted by atomic mass is 19.1. The number of para-hydroxylation sites is 1. The number of benzene rings is 2. The molecular formula is C28H24FN4O3+. The number of hydrogen-bond acceptors (Lipinski definition) is 3. The van der Waals surface area contributed by atoms with Gasteiger partial charge < -0.3 is 0 Å². The number of aromatic amines is 1. The number of imide groups is 1. The highest BCUT2D eigenvalue weighted by Crippen LogP contribution is 2.33. The van der Waals surface area contributed by atoms with Gasteiger partial charge in [0.15, 0.2) is 12.4 Å². The van der Waals surface area contributed by atoms with Crippen molar-refractivity contribution in [1.82, 2.24) is 9.78 Å². The zero-order chi connectivity index (χ0) is 25.4. The molecular weight excluding hydrogens is 459 g/mol. The molecule has 1 aliphatic rings. The van der Waals surface area contributed by atoms with Crippen molar-refractivity contribution in [2.45, 2.75) is 26.7 Å². The maximum absolute atomic E-state index is 13.9. The predicted molar refractivity (Wildman–Crippen MR) is 134 cm³/mol. The topological polar surface area (TPSA) is 79.1 Å². The summed E-state index contributed by atoms with van der Waals surface area (Å²) in [5, 5.41) is 3.15. The van der Waals surface area contributed by atoms with E-state index < -0.39 is 23.2 Å². The molecule has 0 fully saturated rings. The summed E-state index contributed by atoms with van der Waals surface area (Å²) in [6.07, 6.45) is 4.61. The fraction of sp³-hybridized carbons (Fsp3) is 0.143. The lowest BCUT2D eigenvalue weighted by molar-refractivity contribution is -0.577. The summed E-state index contributed by atoms with van der Waals surface area (Å²) in [6.45, 7) is 3.84. The lowest BCUT2D eigenvalue weighted by Crippen LogP contribution is -2.39. The fourth-order valence-electron chi connectivity index (χ4n) is 4.47. The first-order valence-electron chi connectivity index (χ1n) is 11.7. The Balaban J connectivity index is 1.79. The van der Waals surface area contributed by atoms with Crippen molar-refractivity contribution in [3.63, 3.8) is 0 Å². The van der Waals surface area contributed by atoms with E-state index in [1.54, 1.807) is 35.2 Å². The molecule has 36 heavy (non-hydrogen) atoms. The van der Waals surface area contributed by atoms with Crippen LogP contribution in [0.4, 0.5) is 10.1 Å². The normalized spacial score (nSPS) is 13.7. The van der Waals surface area contributed by atoms with Gasteiger partial charge in [-0.2, -0.15) is 4.57 Å². The molecule has 180 valence electrons. The van der Waals surface area contributed by atoms with E-state index in [-0.39, 0.29) is 22.5 Å². The van der Waals surface area contributed by atoms with Gasteiger partial charge in [0.25, 0.3) is 17.2 Å². The summed E-state index contributed by atoms with van der Waals surface area (Å²) in [6, 6.07) is 17.8. The molecule has 3 heterocycles. The lowest BCUT2D eigenvalue weighted by atomic mass is 10.0. The van der Waals surface area contributed by atoms with Crippen LogP contribution in [-0.2, 0) is 16.0 Å². The van der Waals surface area contributed by atoms with Crippen LogP contribution in [0, 0.1) is 12.7 Å². The van der Waals surface area contributed by atoms with Gasteiger partial charge in [-0.25, -0.2) is 14.0 Å². The number of halogens is 1. The number of aromatic nitrogens is 3. The van der Waals surface area contributed by atoms with Gasteiger partial charge in [0.05, 0.1) is 16.9 Å². The second kappa shape index (κ2) is 9.22. The lowest BCUT2D eigenvalue weighted by Gasteiger charge is -2.13. The van der Waals surface area contributed by atoms with Gasteiger partial charge in [-0.1, -0.05) is 31.5 Å². The van der Waals surface area contributed by atoms with Crippen molar-refractivity contribution in [3.05, 3.63) is 112 Å². The third-order valence-corrected chi connectivity index (χ3v) is 6.08. The quantitative estimate of drug-likeness (QED) is 0.335. The zero-order valence-electron chi connectivity index (χ0n) is 19.9. The van der Waals surface area contributed by atoms with E-state index >= 15 is 0 Å². The molecule has 0 radical (unpaired) electrons. The number of pyridine rings is 1. The predicted octanol–water partition coefficient (Wildman–Crippen LogP) is 3.79. The highest BCUT2D eigenvalue weighted by molar-refractivity contribution is 6.53. The van der Waals surface area contributed by atoms with Crippen LogP contribution in [0.2, 0.25) is 0 Å². The molecule has 2 aromatic heterocycles. The number of nitrogens with one attached hydrogen (secondary N) is 1. The Hall–Kier alpha value is -4.59. The van der Waals surface area contributed by atoms with Gasteiger partial charge in [-0.3, -0.25) is 19.5 Å². The molecule has 0 bridgehead atoms. The van der Waals surface area contributed by atoms with Gasteiger partial charge in [0.1, 0.15) is 11.4 Å². The molecule has 5 rings (SSSR count). The summed E-state index contributed by atoms with van der Waals surface area (Å²) in [5.74, 6) is -1.71. The Morgan fingerprint density at radius 2 is 1.61 bits per heavy atom. The van der Waals surface area contributed by atoms with E-state index in [4.69, 9.17) is 0 Å². The minimum absolute atomic E-state index is 0.0132. The number of carbonyl (C=O) groups excluding carboxylic acids is 2. The molecule has 7 nitrogen and oxygen atoms in total. The van der Waals surface area contributed by atoms with Crippen LogP contribution in [-0.4, -0.2) is 21.6 Å². The largest absolute Gasteiger partial charge is 0.331 e. The number of anilines is 1. The molecule has 0 saturated carbocycles. The average molecular weight is 484 g/mol. The molecule has 0 spiro atoms. The zero-order valence-corrected chi connectivity index (χ0v) is 19.9. The van der Waals surface area contributed by atoms with Gasteiger partial charge in [-0.15, -0.1) is 0 Å². The van der Waals surface area contributed by atoms with Crippen LogP contribution in [0.15, 0.2) is 83.9 Å². The number of carbonyl (C=O) groups is 2. The summed E-state index contributed by atoms with van der Waals surface area (Å²) >= 11 is 0. The Morgan fingerprint density at radius 1 is 0.889 bits per heavy atom. The molecule has 0 saturated heterocycles. The number of amides is 2. The number of rotatable bonds is 6. The summed E-state index contributed by atoms with van der Waals surface area (Å²) in [5.41, 5.74) is 2.09. The van der Waals surface area contributed by atoms with E-state index in [2.05, 4.69) is 5.10 Å². The smallest absolute Gasteiger partial charge is 0.294 e. The first-order chi connectivity index (χ1) is 17.4. The van der Waals surface area contributed by atoms with Crippen LogP contribution < -0.4 is 15.0 Å². The second-order valence-electron chi connectivity index (χ2n) is 8.63. The Bertz CT molecular complexity index is 1570. The van der Waals surface area contributed by atoms with Crippen molar-refractivity contribution in [2.75, 3.05) is 4.90 Å². The van der Waals surface area contributed by atoms with Crippen LogP contribution in [0.5, 0.6) is 0 Å². The molecule has 1 N–H and O–H groups in total. The molecule has 0 unspecified atom stereocenters. The first kappa shape index (κ1) is 23.2. The average Bonchev–Trinajstić information content (AvgIpc) is 3.32. The Morgan fingerprint density at radius 3 is 2.28 bits per heavy atom. The van der Waals surface area contributed by atoms with Crippen molar-refractivity contribution in [2.24, 2.45) is 0 Å². The van der Waals surface area contributed by atoms with Gasteiger partial charge in [0.2, 0.25) is 0 Å². The van der Waals surface area contributed by atoms with E-state index in [9.17, 15) is 18.8 Å². The maximum Gasteiger partial charge on any atom is 0.331 e. The van der Waals surface area contributed by atoms with Crippen molar-refractivity contribution < 1.29 is 18.5 Å². The van der Waals surface area contributed by atoms with Crippen LogP contribution in [0.25, 0.3) is 17.0 Å². The third-order valence-electron chi connectivity index (χ3n) is 6.08. The minimum Gasteiger partial charge on any atom is -0.294 e. The summed E-state index contributed by atoms with van der Waals surface area (Å²) < 4.78 is 16.6. The standard InChI is InChI=1S/C28H23FN4O3/c1-3-8-22-23(27(35)33(30-22)21-10-5-4-6-11-21)24-25(31-16-7-9-18(2)17-31)28(36)32(26(24)34)20-14-12-19(29)13-15-20/h4-7,9-17H,3,8H2,1-2H3/p+1. The first-order valence-corrected chi connectivity index (χ1v) is 11.7. The molecule has 2 aromatic carbocycles. The SMILES string of the molecule is CCCc1[nH]n(-c2ccccc2)c(=O)c1C1=C([n+]2cccc(C)c2)C(=O)N(c2ccc(F)cc2)C1=O. The maximum atomic E-state index is 13.9. The number of H-pyrrole nitrogens is 1. The Labute approximate surface area is 206 Å². The van der Waals surface area contributed by atoms with Gasteiger partial charge >= 0.3 is 5.91 Å². The van der Waals surface area contributed by atoms with Crippen molar-refractivity contribution in [1.29, 1.82) is 0 Å². The summed E-state index contributed by atoms with van der Waals surface area (Å²) in [7, 11) is 0. The van der Waals surface area contributed by atoms with E-state index in [0.29, 0.717) is 24.2 Å². The molecule has 8 heteroatoms. The van der Waals surface area contributed by atoms with Gasteiger partial charge in [-0.05, 0) is 55.8 Å². The van der Waals surface area contributed by atoms with E-state index in [0.717, 1.165) is 10.5 Å². The van der Waals surface area contributed by atoms with Crippen molar-refractivity contribution in [3.8, 4) is 5.69 Å². The third kappa shape index (κ3) is 3.86. The van der Waals surface area contributed by atoms with Crippen LogP contribution in [0.1, 0.15) is 30.2 Å². The number of hydrogen-bond donors (Lipinski definition) is 1. The van der Waals surface area contributed by atoms with E-state index in [1.807, 2.05) is 38.1 Å². The number of nitrogens with zero attached hydrogens (tertiary/aromatic N) is 3. The minimum atomic E-state index is -0.635. The number of aryl methyl sites for hydroxylation is 2. The van der Waals surface area contributed by atoms with E-state index in [1.165, 1.54) is 28.9 Å². The van der Waals surface area contributed by atoms with Crippen LogP contribution in [0.3, 0.4) is 0 Å². The second-order valence-corrected chi connectivity index (χ2v) is 8.63. The monoisotopic (exact) mass is 483 g/mol. The van der Waals surface area contributed by atoms with Crippen molar-refractivity contribution >= 4 is 28.8 Å². The Kier molecular flexibility index (Phi) is 5.93. The van der Waals surface area contributed by atoms with Crippen LogP contribution >= 0.6 is 0 Å². The molecule has 0 aliphatic carbocycles. The van der Waals surface area contributed by atoms with Gasteiger partial charge in [0, 0.05) is 17.3 Å². The highest BCUT2D eigenvalue weighted by Gasteiger charge is 2.48. The molecule has 2 amide bonds. The fourth-order valence-corrected chi connectivity index (χ4v) is 4.47. The summed E-state index contributed by atoms with van der Waals surface area (Å²) in [4.78, 5) is 42.5. The molecule has 0 atom stereocenters.